The number of benzene rings is 6. The Labute approximate surface area is 214 Å². The van der Waals surface area contributed by atoms with Gasteiger partial charge in [0.1, 0.15) is 0 Å². The number of hydrogen-bond donors (Lipinski definition) is 1. The minimum absolute atomic E-state index is 1.09. The molecular weight excluding hydrogens is 454 g/mol. The molecule has 170 valence electrons. The fraction of sp³-hybridized carbons (Fsp3) is 0. The lowest BCUT2D eigenvalue weighted by Gasteiger charge is -2.10. The van der Waals surface area contributed by atoms with Crippen LogP contribution < -0.4 is 5.32 Å². The normalized spacial score (nSPS) is 11.3. The molecule has 0 saturated carbocycles. The summed E-state index contributed by atoms with van der Waals surface area (Å²) >= 11 is 1.85. The van der Waals surface area contributed by atoms with Crippen LogP contribution >= 0.6 is 11.3 Å². The molecule has 0 saturated heterocycles. The summed E-state index contributed by atoms with van der Waals surface area (Å²) < 4.78 is 2.60. The van der Waals surface area contributed by atoms with Crippen LogP contribution in [0.4, 0.5) is 11.4 Å². The second-order valence-electron chi connectivity index (χ2n) is 9.13. The number of nitrogens with one attached hydrogen (secondary N) is 1. The SMILES string of the molecule is c1ccc(-c2ccc3sc4c(Nc5cccc(-c6ccc7ccccc7c6)c5)cccc4c3c2)cc1. The maximum Gasteiger partial charge on any atom is 0.0590 e. The van der Waals surface area contributed by atoms with Gasteiger partial charge in [-0.05, 0) is 69.4 Å². The van der Waals surface area contributed by atoms with E-state index in [1.54, 1.807) is 0 Å². The van der Waals surface area contributed by atoms with E-state index in [1.807, 2.05) is 11.3 Å². The molecule has 1 nitrogen and oxygen atoms in total. The predicted octanol–water partition coefficient (Wildman–Crippen LogP) is 10.3. The fourth-order valence-electron chi connectivity index (χ4n) is 5.01. The molecule has 1 aromatic heterocycles. The number of thiophene rings is 1. The number of rotatable bonds is 4. The Balaban J connectivity index is 1.27. The van der Waals surface area contributed by atoms with Gasteiger partial charge < -0.3 is 5.32 Å². The highest BCUT2D eigenvalue weighted by atomic mass is 32.1. The molecule has 36 heavy (non-hydrogen) atoms. The highest BCUT2D eigenvalue weighted by Gasteiger charge is 2.11. The van der Waals surface area contributed by atoms with E-state index in [9.17, 15) is 0 Å². The molecule has 1 heterocycles. The molecule has 0 atom stereocenters. The fourth-order valence-corrected chi connectivity index (χ4v) is 6.16. The molecule has 0 aliphatic rings. The smallest absolute Gasteiger partial charge is 0.0590 e. The zero-order chi connectivity index (χ0) is 23.9. The van der Waals surface area contributed by atoms with Crippen molar-refractivity contribution in [3.8, 4) is 22.3 Å². The first kappa shape index (κ1) is 20.9. The van der Waals surface area contributed by atoms with Crippen LogP contribution in [0.5, 0.6) is 0 Å². The first-order valence-electron chi connectivity index (χ1n) is 12.2. The van der Waals surface area contributed by atoms with Crippen molar-refractivity contribution in [1.82, 2.24) is 0 Å². The van der Waals surface area contributed by atoms with Gasteiger partial charge in [0, 0.05) is 21.2 Å². The Morgan fingerprint density at radius 1 is 0.444 bits per heavy atom. The van der Waals surface area contributed by atoms with Gasteiger partial charge in [0.15, 0.2) is 0 Å². The Kier molecular flexibility index (Phi) is 5.04. The van der Waals surface area contributed by atoms with Crippen molar-refractivity contribution in [2.24, 2.45) is 0 Å². The summed E-state index contributed by atoms with van der Waals surface area (Å²) in [6, 6.07) is 47.9. The summed E-state index contributed by atoms with van der Waals surface area (Å²) in [4.78, 5) is 0. The molecule has 7 aromatic rings. The van der Waals surface area contributed by atoms with E-state index < -0.39 is 0 Å². The van der Waals surface area contributed by atoms with Crippen LogP contribution in [0.2, 0.25) is 0 Å². The van der Waals surface area contributed by atoms with Crippen LogP contribution in [-0.2, 0) is 0 Å². The van der Waals surface area contributed by atoms with E-state index in [1.165, 1.54) is 53.2 Å². The minimum atomic E-state index is 1.09. The molecule has 0 aliphatic heterocycles. The summed E-state index contributed by atoms with van der Waals surface area (Å²) in [5, 5.41) is 8.85. The third-order valence-electron chi connectivity index (χ3n) is 6.83. The average molecular weight is 478 g/mol. The number of anilines is 2. The topological polar surface area (TPSA) is 12.0 Å². The van der Waals surface area contributed by atoms with Gasteiger partial charge in [-0.25, -0.2) is 0 Å². The Hall–Kier alpha value is -4.40. The first-order chi connectivity index (χ1) is 17.8. The quantitative estimate of drug-likeness (QED) is 0.266. The Bertz CT molecular complexity index is 1860. The third kappa shape index (κ3) is 3.73. The lowest BCUT2D eigenvalue weighted by Crippen LogP contribution is -1.91. The summed E-state index contributed by atoms with van der Waals surface area (Å²) in [5.74, 6) is 0. The lowest BCUT2D eigenvalue weighted by molar-refractivity contribution is 1.57. The van der Waals surface area contributed by atoms with E-state index in [2.05, 4.69) is 139 Å². The zero-order valence-electron chi connectivity index (χ0n) is 19.6. The second kappa shape index (κ2) is 8.67. The van der Waals surface area contributed by atoms with Crippen molar-refractivity contribution >= 4 is 53.7 Å². The maximum absolute atomic E-state index is 3.71. The molecule has 0 bridgehead atoms. The molecular formula is C34H23NS. The van der Waals surface area contributed by atoms with Gasteiger partial charge in [-0.15, -0.1) is 11.3 Å². The minimum Gasteiger partial charge on any atom is -0.354 e. The Morgan fingerprint density at radius 3 is 2.08 bits per heavy atom. The van der Waals surface area contributed by atoms with Crippen LogP contribution in [-0.4, -0.2) is 0 Å². The van der Waals surface area contributed by atoms with E-state index in [0.717, 1.165) is 11.4 Å². The van der Waals surface area contributed by atoms with Gasteiger partial charge in [0.05, 0.1) is 10.4 Å². The number of fused-ring (bicyclic) bond motifs is 4. The zero-order valence-corrected chi connectivity index (χ0v) is 20.4. The first-order valence-corrected chi connectivity index (χ1v) is 13.0. The van der Waals surface area contributed by atoms with Gasteiger partial charge in [-0.1, -0.05) is 97.1 Å². The van der Waals surface area contributed by atoms with Gasteiger partial charge in [0.25, 0.3) is 0 Å². The van der Waals surface area contributed by atoms with Gasteiger partial charge in [0.2, 0.25) is 0 Å². The highest BCUT2D eigenvalue weighted by molar-refractivity contribution is 7.26. The summed E-state index contributed by atoms with van der Waals surface area (Å²) in [6.07, 6.45) is 0. The van der Waals surface area contributed by atoms with E-state index in [4.69, 9.17) is 0 Å². The van der Waals surface area contributed by atoms with Gasteiger partial charge in [-0.3, -0.25) is 0 Å². The van der Waals surface area contributed by atoms with Crippen molar-refractivity contribution < 1.29 is 0 Å². The molecule has 0 spiro atoms. The van der Waals surface area contributed by atoms with Crippen LogP contribution in [0.1, 0.15) is 0 Å². The largest absolute Gasteiger partial charge is 0.354 e. The molecule has 0 radical (unpaired) electrons. The third-order valence-corrected chi connectivity index (χ3v) is 8.05. The highest BCUT2D eigenvalue weighted by Crippen LogP contribution is 2.41. The van der Waals surface area contributed by atoms with Crippen LogP contribution in [0.25, 0.3) is 53.2 Å². The molecule has 6 aromatic carbocycles. The van der Waals surface area contributed by atoms with Crippen LogP contribution in [0, 0.1) is 0 Å². The van der Waals surface area contributed by atoms with E-state index >= 15 is 0 Å². The molecule has 1 N–H and O–H groups in total. The maximum atomic E-state index is 3.71. The predicted molar refractivity (Wildman–Crippen MR) is 157 cm³/mol. The summed E-state index contributed by atoms with van der Waals surface area (Å²) in [5.41, 5.74) is 7.18. The van der Waals surface area contributed by atoms with Crippen LogP contribution in [0.3, 0.4) is 0 Å². The van der Waals surface area contributed by atoms with Crippen molar-refractivity contribution in [1.29, 1.82) is 0 Å². The van der Waals surface area contributed by atoms with E-state index in [0.29, 0.717) is 0 Å². The standard InChI is InChI=1S/C34H23NS/c1-2-8-23(9-3-1)28-18-19-33-31(22-28)30-14-7-15-32(34(30)36-33)35-29-13-6-12-26(21-29)27-17-16-24-10-4-5-11-25(24)20-27/h1-22,35H. The van der Waals surface area contributed by atoms with Gasteiger partial charge in [-0.2, -0.15) is 0 Å². The second-order valence-corrected chi connectivity index (χ2v) is 10.2. The van der Waals surface area contributed by atoms with Crippen molar-refractivity contribution in [2.45, 2.75) is 0 Å². The molecule has 2 heteroatoms. The van der Waals surface area contributed by atoms with Crippen molar-refractivity contribution in [2.75, 3.05) is 5.32 Å². The van der Waals surface area contributed by atoms with Crippen molar-refractivity contribution in [3.05, 3.63) is 133 Å². The molecule has 0 aliphatic carbocycles. The van der Waals surface area contributed by atoms with Gasteiger partial charge >= 0.3 is 0 Å². The van der Waals surface area contributed by atoms with Crippen molar-refractivity contribution in [3.63, 3.8) is 0 Å². The number of hydrogen-bond acceptors (Lipinski definition) is 2. The Morgan fingerprint density at radius 2 is 1.17 bits per heavy atom. The lowest BCUT2D eigenvalue weighted by atomic mass is 10.0. The average Bonchev–Trinajstić information content (AvgIpc) is 3.32. The molecule has 0 amide bonds. The monoisotopic (exact) mass is 477 g/mol. The van der Waals surface area contributed by atoms with E-state index in [-0.39, 0.29) is 0 Å². The molecule has 7 rings (SSSR count). The molecule has 0 unspecified atom stereocenters. The summed E-state index contributed by atoms with van der Waals surface area (Å²) in [7, 11) is 0. The van der Waals surface area contributed by atoms with Crippen LogP contribution in [0.15, 0.2) is 133 Å². The summed E-state index contributed by atoms with van der Waals surface area (Å²) in [6.45, 7) is 0. The molecule has 0 fully saturated rings.